The van der Waals surface area contributed by atoms with E-state index < -0.39 is 0 Å². The molecule has 0 fully saturated rings. The van der Waals surface area contributed by atoms with Gasteiger partial charge in [0, 0.05) is 6.54 Å². The number of anilines is 1. The Labute approximate surface area is 189 Å². The average molecular weight is 503 g/mol. The van der Waals surface area contributed by atoms with E-state index in [1.54, 1.807) is 7.11 Å². The van der Waals surface area contributed by atoms with Gasteiger partial charge in [-0.15, -0.1) is 24.0 Å². The molecule has 0 aliphatic carbocycles. The van der Waals surface area contributed by atoms with Gasteiger partial charge in [0.2, 0.25) is 0 Å². The van der Waals surface area contributed by atoms with E-state index in [1.807, 2.05) is 54.6 Å². The van der Waals surface area contributed by atoms with Gasteiger partial charge in [-0.2, -0.15) is 0 Å². The van der Waals surface area contributed by atoms with Crippen LogP contribution < -0.4 is 20.5 Å². The maximum absolute atomic E-state index is 5.98. The minimum Gasteiger partial charge on any atom is -0.495 e. The summed E-state index contributed by atoms with van der Waals surface area (Å²) in [5.41, 5.74) is 9.11. The van der Waals surface area contributed by atoms with Gasteiger partial charge < -0.3 is 20.5 Å². The van der Waals surface area contributed by atoms with Crippen LogP contribution in [0.5, 0.6) is 11.5 Å². The van der Waals surface area contributed by atoms with Crippen LogP contribution in [0.3, 0.4) is 0 Å². The lowest BCUT2D eigenvalue weighted by Crippen LogP contribution is -2.23. The number of benzene rings is 3. The van der Waals surface area contributed by atoms with Crippen molar-refractivity contribution >= 4 is 35.6 Å². The maximum Gasteiger partial charge on any atom is 0.193 e. The number of aliphatic imine (C=N–C) groups is 1. The Kier molecular flexibility index (Phi) is 9.30. The first-order valence-corrected chi connectivity index (χ1v) is 9.20. The number of ether oxygens (including phenoxy) is 2. The van der Waals surface area contributed by atoms with Crippen LogP contribution in [0.2, 0.25) is 0 Å². The van der Waals surface area contributed by atoms with E-state index in [2.05, 4.69) is 34.6 Å². The summed E-state index contributed by atoms with van der Waals surface area (Å²) in [4.78, 5) is 4.39. The van der Waals surface area contributed by atoms with Gasteiger partial charge in [-0.3, -0.25) is 4.99 Å². The first kappa shape index (κ1) is 22.5. The van der Waals surface area contributed by atoms with Crippen molar-refractivity contribution < 1.29 is 9.47 Å². The zero-order chi connectivity index (χ0) is 19.6. The summed E-state index contributed by atoms with van der Waals surface area (Å²) in [6.45, 7) is 1.16. The van der Waals surface area contributed by atoms with E-state index in [1.165, 1.54) is 5.56 Å². The van der Waals surface area contributed by atoms with Crippen LogP contribution in [0, 0.1) is 0 Å². The van der Waals surface area contributed by atoms with Gasteiger partial charge in [0.1, 0.15) is 18.1 Å². The molecule has 3 aromatic carbocycles. The highest BCUT2D eigenvalue weighted by molar-refractivity contribution is 14.0. The molecule has 0 atom stereocenters. The van der Waals surface area contributed by atoms with Gasteiger partial charge in [-0.25, -0.2) is 0 Å². The summed E-state index contributed by atoms with van der Waals surface area (Å²) in [7, 11) is 1.63. The molecule has 0 radical (unpaired) electrons. The second-order valence-electron chi connectivity index (χ2n) is 6.26. The zero-order valence-corrected chi connectivity index (χ0v) is 18.7. The van der Waals surface area contributed by atoms with Gasteiger partial charge in [-0.05, 0) is 41.8 Å². The molecule has 0 heterocycles. The number of halogens is 1. The van der Waals surface area contributed by atoms with Crippen LogP contribution in [-0.4, -0.2) is 19.6 Å². The maximum atomic E-state index is 5.98. The van der Waals surface area contributed by atoms with Crippen LogP contribution in [0.1, 0.15) is 11.1 Å². The predicted octanol–water partition coefficient (Wildman–Crippen LogP) is 4.86. The Morgan fingerprint density at radius 1 is 0.897 bits per heavy atom. The number of methoxy groups -OCH3 is 1. The lowest BCUT2D eigenvalue weighted by molar-refractivity contribution is 0.306. The molecule has 3 rings (SSSR count). The lowest BCUT2D eigenvalue weighted by Gasteiger charge is -2.10. The number of nitrogens with two attached hydrogens (primary N) is 1. The third kappa shape index (κ3) is 7.30. The fraction of sp³-hybridized carbons (Fsp3) is 0.174. The molecule has 0 aliphatic rings. The lowest BCUT2D eigenvalue weighted by atomic mass is 10.1. The largest absolute Gasteiger partial charge is 0.495 e. The van der Waals surface area contributed by atoms with Crippen molar-refractivity contribution in [3.63, 3.8) is 0 Å². The average Bonchev–Trinajstić information content (AvgIpc) is 2.74. The quantitative estimate of drug-likeness (QED) is 0.262. The van der Waals surface area contributed by atoms with Crippen molar-refractivity contribution in [3.05, 3.63) is 90.0 Å². The van der Waals surface area contributed by atoms with Gasteiger partial charge in [0.15, 0.2) is 5.96 Å². The number of nitrogens with one attached hydrogen (secondary N) is 1. The molecule has 3 aromatic rings. The number of rotatable bonds is 8. The summed E-state index contributed by atoms with van der Waals surface area (Å²) >= 11 is 0. The summed E-state index contributed by atoms with van der Waals surface area (Å²) in [5, 5.41) is 3.07. The SMILES string of the molecule is COc1ccccc1NC(N)=NCCc1ccc(OCc2ccccc2)cc1.I. The monoisotopic (exact) mass is 503 g/mol. The van der Waals surface area contributed by atoms with Crippen molar-refractivity contribution in [2.24, 2.45) is 10.7 Å². The van der Waals surface area contributed by atoms with E-state index in [0.29, 0.717) is 19.1 Å². The highest BCUT2D eigenvalue weighted by Gasteiger charge is 2.02. The number of hydrogen-bond acceptors (Lipinski definition) is 3. The van der Waals surface area contributed by atoms with Crippen LogP contribution in [0.25, 0.3) is 0 Å². The third-order valence-electron chi connectivity index (χ3n) is 4.22. The first-order valence-electron chi connectivity index (χ1n) is 9.20. The summed E-state index contributed by atoms with van der Waals surface area (Å²) in [5.74, 6) is 1.95. The molecule has 6 heteroatoms. The summed E-state index contributed by atoms with van der Waals surface area (Å²) in [6.07, 6.45) is 0.799. The smallest absolute Gasteiger partial charge is 0.193 e. The van der Waals surface area contributed by atoms with Gasteiger partial charge in [0.25, 0.3) is 0 Å². The Bertz CT molecular complexity index is 900. The van der Waals surface area contributed by atoms with Gasteiger partial charge in [-0.1, -0.05) is 54.6 Å². The van der Waals surface area contributed by atoms with Crippen LogP contribution in [0.4, 0.5) is 5.69 Å². The topological polar surface area (TPSA) is 68.9 Å². The molecule has 5 nitrogen and oxygen atoms in total. The Morgan fingerprint density at radius 2 is 1.59 bits per heavy atom. The van der Waals surface area contributed by atoms with Gasteiger partial charge >= 0.3 is 0 Å². The van der Waals surface area contributed by atoms with Crippen LogP contribution >= 0.6 is 24.0 Å². The minimum absolute atomic E-state index is 0. The molecule has 0 spiro atoms. The van der Waals surface area contributed by atoms with Crippen LogP contribution in [0.15, 0.2) is 83.9 Å². The molecule has 3 N–H and O–H groups in total. The molecule has 0 aromatic heterocycles. The molecule has 0 amide bonds. The number of nitrogens with zero attached hydrogens (tertiary/aromatic N) is 1. The summed E-state index contributed by atoms with van der Waals surface area (Å²) in [6, 6.07) is 25.8. The Balaban J connectivity index is 0.00000300. The third-order valence-corrected chi connectivity index (χ3v) is 4.22. The van der Waals surface area contributed by atoms with E-state index in [0.717, 1.165) is 29.2 Å². The Hall–Kier alpha value is -2.74. The van der Waals surface area contributed by atoms with Crippen LogP contribution in [-0.2, 0) is 13.0 Å². The van der Waals surface area contributed by atoms with Crippen molar-refractivity contribution in [3.8, 4) is 11.5 Å². The molecule has 0 unspecified atom stereocenters. The minimum atomic E-state index is 0. The predicted molar refractivity (Wildman–Crippen MR) is 129 cm³/mol. The molecule has 0 saturated carbocycles. The second-order valence-corrected chi connectivity index (χ2v) is 6.26. The van der Waals surface area contributed by atoms with Crippen molar-refractivity contribution in [2.75, 3.05) is 19.0 Å². The molecule has 152 valence electrons. The Morgan fingerprint density at radius 3 is 2.31 bits per heavy atom. The molecular weight excluding hydrogens is 477 g/mol. The second kappa shape index (κ2) is 12.0. The molecule has 0 saturated heterocycles. The highest BCUT2D eigenvalue weighted by Crippen LogP contribution is 2.22. The van der Waals surface area contributed by atoms with E-state index >= 15 is 0 Å². The summed E-state index contributed by atoms with van der Waals surface area (Å²) < 4.78 is 11.1. The fourth-order valence-electron chi connectivity index (χ4n) is 2.72. The standard InChI is InChI=1S/C23H25N3O2.HI/c1-27-22-10-6-5-9-21(22)26-23(24)25-16-15-18-11-13-20(14-12-18)28-17-19-7-3-2-4-8-19;/h2-14H,15-17H2,1H3,(H3,24,25,26);1H. The molecule has 0 aliphatic heterocycles. The number of guanidine groups is 1. The van der Waals surface area contributed by atoms with E-state index in [4.69, 9.17) is 15.2 Å². The fourth-order valence-corrected chi connectivity index (χ4v) is 2.72. The molecule has 29 heavy (non-hydrogen) atoms. The van der Waals surface area contributed by atoms with Crippen molar-refractivity contribution in [2.45, 2.75) is 13.0 Å². The zero-order valence-electron chi connectivity index (χ0n) is 16.4. The van der Waals surface area contributed by atoms with Crippen molar-refractivity contribution in [1.29, 1.82) is 0 Å². The van der Waals surface area contributed by atoms with E-state index in [-0.39, 0.29) is 24.0 Å². The number of para-hydroxylation sites is 2. The van der Waals surface area contributed by atoms with E-state index in [9.17, 15) is 0 Å². The first-order chi connectivity index (χ1) is 13.7. The normalized spacial score (nSPS) is 10.7. The highest BCUT2D eigenvalue weighted by atomic mass is 127. The van der Waals surface area contributed by atoms with Crippen molar-refractivity contribution in [1.82, 2.24) is 0 Å². The van der Waals surface area contributed by atoms with Gasteiger partial charge in [0.05, 0.1) is 12.8 Å². The number of hydrogen-bond donors (Lipinski definition) is 2. The molecule has 0 bridgehead atoms. The molecular formula is C23H26IN3O2.